The van der Waals surface area contributed by atoms with E-state index >= 15 is 0 Å². The number of aromatic nitrogens is 2. The first kappa shape index (κ1) is 13.8. The molecule has 0 unspecified atom stereocenters. The number of hydrogen-bond donors (Lipinski definition) is 0. The smallest absolute Gasteiger partial charge is 0.161 e. The van der Waals surface area contributed by atoms with Gasteiger partial charge in [0.05, 0.1) is 10.9 Å². The van der Waals surface area contributed by atoms with Crippen molar-refractivity contribution in [2.24, 2.45) is 0 Å². The second kappa shape index (κ2) is 5.32. The normalized spacial score (nSPS) is 11.0. The fourth-order valence-corrected chi connectivity index (χ4v) is 3.04. The van der Waals surface area contributed by atoms with Gasteiger partial charge in [-0.25, -0.2) is 9.97 Å². The Morgan fingerprint density at radius 1 is 0.950 bits per heavy atom. The summed E-state index contributed by atoms with van der Waals surface area (Å²) < 4.78 is 0.894. The van der Waals surface area contributed by atoms with E-state index in [0.717, 1.165) is 26.5 Å². The summed E-state index contributed by atoms with van der Waals surface area (Å²) >= 11 is 15.7. The highest BCUT2D eigenvalue weighted by Gasteiger charge is 2.12. The molecule has 2 aromatic carbocycles. The average Bonchev–Trinajstić information content (AvgIpc) is 2.43. The lowest BCUT2D eigenvalue weighted by molar-refractivity contribution is 1.21. The van der Waals surface area contributed by atoms with Crippen molar-refractivity contribution in [2.75, 3.05) is 0 Å². The molecule has 0 radical (unpaired) electrons. The number of fused-ring (bicyclic) bond motifs is 1. The van der Waals surface area contributed by atoms with Crippen LogP contribution in [0.2, 0.25) is 10.2 Å². The van der Waals surface area contributed by atoms with E-state index in [1.165, 1.54) is 0 Å². The monoisotopic (exact) mass is 366 g/mol. The molecule has 1 aromatic heterocycles. The Balaban J connectivity index is 2.29. The zero-order chi connectivity index (χ0) is 14.3. The lowest BCUT2D eigenvalue weighted by Crippen LogP contribution is -1.94. The molecule has 100 valence electrons. The van der Waals surface area contributed by atoms with Gasteiger partial charge in [0, 0.05) is 15.1 Å². The van der Waals surface area contributed by atoms with Crippen molar-refractivity contribution >= 4 is 50.0 Å². The van der Waals surface area contributed by atoms with E-state index in [1.54, 1.807) is 0 Å². The van der Waals surface area contributed by atoms with Crippen LogP contribution in [0.15, 0.2) is 40.9 Å². The molecule has 20 heavy (non-hydrogen) atoms. The van der Waals surface area contributed by atoms with Crippen LogP contribution < -0.4 is 0 Å². The zero-order valence-corrected chi connectivity index (χ0v) is 13.6. The van der Waals surface area contributed by atoms with Gasteiger partial charge < -0.3 is 0 Å². The molecule has 0 saturated heterocycles. The third kappa shape index (κ3) is 2.41. The summed E-state index contributed by atoms with van der Waals surface area (Å²) in [7, 11) is 0. The fraction of sp³-hybridized carbons (Fsp3) is 0.0667. The Hall–Kier alpha value is -1.16. The molecule has 1 heterocycles. The first-order valence-electron chi connectivity index (χ1n) is 5.94. The Morgan fingerprint density at radius 3 is 2.35 bits per heavy atom. The van der Waals surface area contributed by atoms with Gasteiger partial charge in [0.15, 0.2) is 5.82 Å². The maximum Gasteiger partial charge on any atom is 0.161 e. The summed E-state index contributed by atoms with van der Waals surface area (Å²) in [4.78, 5) is 9.01. The lowest BCUT2D eigenvalue weighted by atomic mass is 10.1. The standard InChI is InChI=1S/C15H9BrCl2N2/c1-8-2-7-11(16)12-13(8)19-15(20-14(12)18)9-3-5-10(17)6-4-9/h2-7H,1H3. The predicted octanol–water partition coefficient (Wildman–Crippen LogP) is 5.67. The maximum atomic E-state index is 6.31. The Bertz CT molecular complexity index is 801. The molecule has 0 amide bonds. The highest BCUT2D eigenvalue weighted by atomic mass is 79.9. The summed E-state index contributed by atoms with van der Waals surface area (Å²) in [5, 5.41) is 1.96. The van der Waals surface area contributed by atoms with E-state index in [4.69, 9.17) is 23.2 Å². The Labute approximate surface area is 134 Å². The molecule has 0 aliphatic carbocycles. The average molecular weight is 368 g/mol. The van der Waals surface area contributed by atoms with Gasteiger partial charge in [0.1, 0.15) is 5.15 Å². The van der Waals surface area contributed by atoms with Crippen molar-refractivity contribution in [3.63, 3.8) is 0 Å². The summed E-state index contributed by atoms with van der Waals surface area (Å²) in [5.74, 6) is 0.598. The van der Waals surface area contributed by atoms with Gasteiger partial charge >= 0.3 is 0 Å². The van der Waals surface area contributed by atoms with Crippen LogP contribution in [0.3, 0.4) is 0 Å². The van der Waals surface area contributed by atoms with Crippen molar-refractivity contribution in [3.8, 4) is 11.4 Å². The third-order valence-corrected chi connectivity index (χ3v) is 4.25. The van der Waals surface area contributed by atoms with Crippen LogP contribution in [-0.2, 0) is 0 Å². The molecule has 0 saturated carbocycles. The second-order valence-electron chi connectivity index (χ2n) is 4.43. The molecule has 3 rings (SSSR count). The highest BCUT2D eigenvalue weighted by Crippen LogP contribution is 2.32. The Morgan fingerprint density at radius 2 is 1.65 bits per heavy atom. The molecule has 0 atom stereocenters. The molecule has 3 aromatic rings. The lowest BCUT2D eigenvalue weighted by Gasteiger charge is -2.08. The van der Waals surface area contributed by atoms with Crippen molar-refractivity contribution in [3.05, 3.63) is 56.6 Å². The number of rotatable bonds is 1. The van der Waals surface area contributed by atoms with E-state index in [-0.39, 0.29) is 0 Å². The number of nitrogens with zero attached hydrogens (tertiary/aromatic N) is 2. The van der Waals surface area contributed by atoms with Gasteiger partial charge in [0.2, 0.25) is 0 Å². The van der Waals surface area contributed by atoms with E-state index < -0.39 is 0 Å². The first-order chi connectivity index (χ1) is 9.56. The molecule has 0 spiro atoms. The van der Waals surface area contributed by atoms with Gasteiger partial charge in [-0.1, -0.05) is 29.3 Å². The topological polar surface area (TPSA) is 25.8 Å². The molecule has 5 heteroatoms. The zero-order valence-electron chi connectivity index (χ0n) is 10.5. The quantitative estimate of drug-likeness (QED) is 0.517. The SMILES string of the molecule is Cc1ccc(Br)c2c(Cl)nc(-c3ccc(Cl)cc3)nc12. The maximum absolute atomic E-state index is 6.31. The van der Waals surface area contributed by atoms with Gasteiger partial charge in [0.25, 0.3) is 0 Å². The van der Waals surface area contributed by atoms with Crippen LogP contribution in [0.5, 0.6) is 0 Å². The molecular weight excluding hydrogens is 359 g/mol. The van der Waals surface area contributed by atoms with Crippen LogP contribution in [-0.4, -0.2) is 9.97 Å². The minimum absolute atomic E-state index is 0.440. The second-order valence-corrected chi connectivity index (χ2v) is 6.08. The minimum Gasteiger partial charge on any atom is -0.228 e. The molecule has 0 fully saturated rings. The molecule has 0 N–H and O–H groups in total. The molecular formula is C15H9BrCl2N2. The minimum atomic E-state index is 0.440. The number of aryl methyl sites for hydroxylation is 1. The van der Waals surface area contributed by atoms with Crippen molar-refractivity contribution in [2.45, 2.75) is 6.92 Å². The number of benzene rings is 2. The van der Waals surface area contributed by atoms with Crippen molar-refractivity contribution < 1.29 is 0 Å². The van der Waals surface area contributed by atoms with Gasteiger partial charge in [-0.2, -0.15) is 0 Å². The fourth-order valence-electron chi connectivity index (χ4n) is 2.02. The van der Waals surface area contributed by atoms with Crippen molar-refractivity contribution in [1.29, 1.82) is 0 Å². The molecule has 0 aliphatic rings. The van der Waals surface area contributed by atoms with Crippen LogP contribution >= 0.6 is 39.1 Å². The Kier molecular flexibility index (Phi) is 3.67. The van der Waals surface area contributed by atoms with Crippen molar-refractivity contribution in [1.82, 2.24) is 9.97 Å². The first-order valence-corrected chi connectivity index (χ1v) is 7.49. The van der Waals surface area contributed by atoms with E-state index in [1.807, 2.05) is 43.3 Å². The van der Waals surface area contributed by atoms with Gasteiger partial charge in [-0.05, 0) is 58.7 Å². The summed E-state index contributed by atoms with van der Waals surface area (Å²) in [6.07, 6.45) is 0. The summed E-state index contributed by atoms with van der Waals surface area (Å²) in [6.45, 7) is 2.00. The number of hydrogen-bond acceptors (Lipinski definition) is 2. The molecule has 2 nitrogen and oxygen atoms in total. The number of halogens is 3. The van der Waals surface area contributed by atoms with Crippen LogP contribution in [0.4, 0.5) is 0 Å². The van der Waals surface area contributed by atoms with Gasteiger partial charge in [-0.3, -0.25) is 0 Å². The summed E-state index contributed by atoms with van der Waals surface area (Å²) in [5.41, 5.74) is 2.80. The summed E-state index contributed by atoms with van der Waals surface area (Å²) in [6, 6.07) is 11.3. The van der Waals surface area contributed by atoms with Crippen LogP contribution in [0, 0.1) is 6.92 Å². The molecule has 0 bridgehead atoms. The third-order valence-electron chi connectivity index (χ3n) is 3.06. The molecule has 0 aliphatic heterocycles. The van der Waals surface area contributed by atoms with E-state index in [0.29, 0.717) is 16.0 Å². The van der Waals surface area contributed by atoms with Gasteiger partial charge in [-0.15, -0.1) is 0 Å². The highest BCUT2D eigenvalue weighted by molar-refractivity contribution is 9.10. The van der Waals surface area contributed by atoms with E-state index in [9.17, 15) is 0 Å². The van der Waals surface area contributed by atoms with E-state index in [2.05, 4.69) is 25.9 Å². The predicted molar refractivity (Wildman–Crippen MR) is 87.4 cm³/mol. The largest absolute Gasteiger partial charge is 0.228 e. The van der Waals surface area contributed by atoms with Crippen LogP contribution in [0.25, 0.3) is 22.3 Å². The van der Waals surface area contributed by atoms with Crippen LogP contribution in [0.1, 0.15) is 5.56 Å².